The number of aliphatic hydroxyl groups is 1. The van der Waals surface area contributed by atoms with E-state index in [1.54, 1.807) is 14.0 Å². The highest BCUT2D eigenvalue weighted by Gasteiger charge is 2.26. The molecule has 1 rings (SSSR count). The SMILES string of the molecule is CC(CO)N(C)C(=O)NC(C(=O)O)c1cnn(C)c1. The molecule has 19 heavy (non-hydrogen) atoms. The van der Waals surface area contributed by atoms with E-state index < -0.39 is 24.1 Å². The van der Waals surface area contributed by atoms with E-state index in [2.05, 4.69) is 10.4 Å². The van der Waals surface area contributed by atoms with Crippen LogP contribution in [0.4, 0.5) is 4.79 Å². The summed E-state index contributed by atoms with van der Waals surface area (Å²) in [5.41, 5.74) is 0.383. The van der Waals surface area contributed by atoms with Gasteiger partial charge in [-0.25, -0.2) is 9.59 Å². The lowest BCUT2D eigenvalue weighted by molar-refractivity contribution is -0.139. The van der Waals surface area contributed by atoms with Crippen LogP contribution in [0.15, 0.2) is 12.4 Å². The lowest BCUT2D eigenvalue weighted by atomic mass is 10.1. The highest BCUT2D eigenvalue weighted by molar-refractivity contribution is 5.83. The van der Waals surface area contributed by atoms with Crippen molar-refractivity contribution in [3.05, 3.63) is 18.0 Å². The molecule has 3 N–H and O–H groups in total. The Kier molecular flexibility index (Phi) is 4.87. The number of hydrogen-bond donors (Lipinski definition) is 3. The van der Waals surface area contributed by atoms with Gasteiger partial charge in [-0.2, -0.15) is 5.10 Å². The molecule has 0 fully saturated rings. The van der Waals surface area contributed by atoms with Crippen molar-refractivity contribution in [1.82, 2.24) is 20.0 Å². The molecule has 0 spiro atoms. The molecule has 8 nitrogen and oxygen atoms in total. The van der Waals surface area contributed by atoms with Gasteiger partial charge in [0.2, 0.25) is 0 Å². The minimum Gasteiger partial charge on any atom is -0.479 e. The smallest absolute Gasteiger partial charge is 0.331 e. The number of amides is 2. The third kappa shape index (κ3) is 3.68. The summed E-state index contributed by atoms with van der Waals surface area (Å²) in [7, 11) is 3.14. The molecule has 106 valence electrons. The number of carbonyl (C=O) groups excluding carboxylic acids is 1. The van der Waals surface area contributed by atoms with Gasteiger partial charge in [-0.05, 0) is 6.92 Å². The summed E-state index contributed by atoms with van der Waals surface area (Å²) < 4.78 is 1.46. The molecule has 2 amide bonds. The predicted octanol–water partition coefficient (Wildman–Crippen LogP) is -0.432. The Labute approximate surface area is 110 Å². The minimum absolute atomic E-state index is 0.200. The average molecular weight is 270 g/mol. The van der Waals surface area contributed by atoms with E-state index in [4.69, 9.17) is 10.2 Å². The third-order valence-corrected chi connectivity index (χ3v) is 2.82. The Morgan fingerprint density at radius 2 is 2.21 bits per heavy atom. The van der Waals surface area contributed by atoms with Gasteiger partial charge in [0, 0.05) is 25.9 Å². The maximum Gasteiger partial charge on any atom is 0.331 e. The molecule has 0 saturated carbocycles. The molecule has 1 heterocycles. The summed E-state index contributed by atoms with van der Waals surface area (Å²) >= 11 is 0. The molecular formula is C11H18N4O4. The van der Waals surface area contributed by atoms with Crippen LogP contribution in [0.1, 0.15) is 18.5 Å². The van der Waals surface area contributed by atoms with Crippen molar-refractivity contribution in [3.63, 3.8) is 0 Å². The zero-order valence-electron chi connectivity index (χ0n) is 11.1. The Morgan fingerprint density at radius 1 is 1.58 bits per heavy atom. The Morgan fingerprint density at radius 3 is 2.63 bits per heavy atom. The van der Waals surface area contributed by atoms with Gasteiger partial charge in [0.05, 0.1) is 18.8 Å². The van der Waals surface area contributed by atoms with Crippen LogP contribution in [0.25, 0.3) is 0 Å². The number of aromatic nitrogens is 2. The number of carbonyl (C=O) groups is 2. The van der Waals surface area contributed by atoms with Crippen LogP contribution in [0.5, 0.6) is 0 Å². The van der Waals surface area contributed by atoms with E-state index in [-0.39, 0.29) is 6.61 Å². The van der Waals surface area contributed by atoms with Gasteiger partial charge in [-0.15, -0.1) is 0 Å². The van der Waals surface area contributed by atoms with Crippen molar-refractivity contribution in [2.75, 3.05) is 13.7 Å². The number of rotatable bonds is 5. The number of carboxylic acid groups (broad SMARTS) is 1. The van der Waals surface area contributed by atoms with Crippen LogP contribution in [-0.2, 0) is 11.8 Å². The number of likely N-dealkylation sites (N-methyl/N-ethyl adjacent to an activating group) is 1. The van der Waals surface area contributed by atoms with Crippen LogP contribution >= 0.6 is 0 Å². The molecule has 1 aromatic rings. The predicted molar refractivity (Wildman–Crippen MR) is 66.4 cm³/mol. The van der Waals surface area contributed by atoms with Crippen LogP contribution in [-0.4, -0.2) is 56.6 Å². The second-order valence-corrected chi connectivity index (χ2v) is 4.31. The summed E-state index contributed by atoms with van der Waals surface area (Å²) in [6.45, 7) is 1.45. The molecule has 0 saturated heterocycles. The third-order valence-electron chi connectivity index (χ3n) is 2.82. The van der Waals surface area contributed by atoms with E-state index in [0.29, 0.717) is 5.56 Å². The summed E-state index contributed by atoms with van der Waals surface area (Å²) in [6, 6.07) is -2.14. The summed E-state index contributed by atoms with van der Waals surface area (Å²) in [4.78, 5) is 24.3. The van der Waals surface area contributed by atoms with Crippen LogP contribution in [0, 0.1) is 0 Å². The van der Waals surface area contributed by atoms with E-state index >= 15 is 0 Å². The van der Waals surface area contributed by atoms with E-state index in [9.17, 15) is 9.59 Å². The van der Waals surface area contributed by atoms with Crippen molar-refractivity contribution in [2.24, 2.45) is 7.05 Å². The normalized spacial score (nSPS) is 13.7. The molecule has 0 bridgehead atoms. The number of nitrogens with zero attached hydrogens (tertiary/aromatic N) is 3. The van der Waals surface area contributed by atoms with Crippen molar-refractivity contribution >= 4 is 12.0 Å². The lowest BCUT2D eigenvalue weighted by Crippen LogP contribution is -2.46. The minimum atomic E-state index is -1.17. The molecule has 2 unspecified atom stereocenters. The quantitative estimate of drug-likeness (QED) is 0.672. The maximum absolute atomic E-state index is 11.9. The van der Waals surface area contributed by atoms with Crippen LogP contribution in [0.3, 0.4) is 0 Å². The van der Waals surface area contributed by atoms with Crippen molar-refractivity contribution < 1.29 is 19.8 Å². The number of aliphatic hydroxyl groups excluding tert-OH is 1. The van der Waals surface area contributed by atoms with Crippen molar-refractivity contribution in [3.8, 4) is 0 Å². The number of nitrogens with one attached hydrogen (secondary N) is 1. The fourth-order valence-electron chi connectivity index (χ4n) is 1.42. The summed E-state index contributed by atoms with van der Waals surface area (Å²) in [6.07, 6.45) is 2.91. The monoisotopic (exact) mass is 270 g/mol. The molecule has 0 aliphatic heterocycles. The maximum atomic E-state index is 11.9. The van der Waals surface area contributed by atoms with Gasteiger partial charge in [0.1, 0.15) is 0 Å². The van der Waals surface area contributed by atoms with E-state index in [1.165, 1.54) is 29.0 Å². The zero-order valence-corrected chi connectivity index (χ0v) is 11.1. The first-order valence-electron chi connectivity index (χ1n) is 5.72. The first-order valence-corrected chi connectivity index (χ1v) is 5.72. The first kappa shape index (κ1) is 15.0. The number of hydrogen-bond acceptors (Lipinski definition) is 4. The topological polar surface area (TPSA) is 108 Å². The number of carboxylic acids is 1. The zero-order chi connectivity index (χ0) is 14.6. The van der Waals surface area contributed by atoms with Gasteiger partial charge >= 0.3 is 12.0 Å². The van der Waals surface area contributed by atoms with Crippen LogP contribution in [0.2, 0.25) is 0 Å². The van der Waals surface area contributed by atoms with Crippen LogP contribution < -0.4 is 5.32 Å². The average Bonchev–Trinajstić information content (AvgIpc) is 2.79. The molecule has 0 radical (unpaired) electrons. The number of aliphatic carboxylic acids is 1. The molecule has 0 aliphatic carbocycles. The first-order chi connectivity index (χ1) is 8.86. The van der Waals surface area contributed by atoms with Crippen molar-refractivity contribution in [2.45, 2.75) is 19.0 Å². The summed E-state index contributed by atoms with van der Waals surface area (Å²) in [5.74, 6) is -1.17. The van der Waals surface area contributed by atoms with Gasteiger partial charge in [-0.1, -0.05) is 0 Å². The lowest BCUT2D eigenvalue weighted by Gasteiger charge is -2.25. The van der Waals surface area contributed by atoms with Gasteiger partial charge in [-0.3, -0.25) is 4.68 Å². The van der Waals surface area contributed by atoms with Gasteiger partial charge in [0.25, 0.3) is 0 Å². The highest BCUT2D eigenvalue weighted by Crippen LogP contribution is 2.12. The largest absolute Gasteiger partial charge is 0.479 e. The fourth-order valence-corrected chi connectivity index (χ4v) is 1.42. The Bertz CT molecular complexity index is 459. The van der Waals surface area contributed by atoms with E-state index in [0.717, 1.165) is 0 Å². The standard InChI is InChI=1S/C11H18N4O4/c1-7(6-16)15(3)11(19)13-9(10(17)18)8-4-12-14(2)5-8/h4-5,7,9,16H,6H2,1-3H3,(H,13,19)(H,17,18). The second-order valence-electron chi connectivity index (χ2n) is 4.31. The fraction of sp³-hybridized carbons (Fsp3) is 0.545. The highest BCUT2D eigenvalue weighted by atomic mass is 16.4. The second kappa shape index (κ2) is 6.19. The molecule has 1 aromatic heterocycles. The van der Waals surface area contributed by atoms with Gasteiger partial charge in [0.15, 0.2) is 6.04 Å². The molecule has 2 atom stereocenters. The molecule has 0 aromatic carbocycles. The summed E-state index contributed by atoms with van der Waals surface area (Å²) in [5, 5.41) is 24.4. The van der Waals surface area contributed by atoms with Gasteiger partial charge < -0.3 is 20.4 Å². The number of aryl methyl sites for hydroxylation is 1. The molecular weight excluding hydrogens is 252 g/mol. The number of urea groups is 1. The van der Waals surface area contributed by atoms with Crippen molar-refractivity contribution in [1.29, 1.82) is 0 Å². The van der Waals surface area contributed by atoms with E-state index in [1.807, 2.05) is 0 Å². The Balaban J connectivity index is 2.80. The molecule has 0 aliphatic rings. The Hall–Kier alpha value is -2.09. The molecule has 8 heteroatoms.